The molecule has 2 aromatic carbocycles. The second-order valence-electron chi connectivity index (χ2n) is 6.64. The van der Waals surface area contributed by atoms with Gasteiger partial charge in [0.1, 0.15) is 11.1 Å². The van der Waals surface area contributed by atoms with E-state index in [2.05, 4.69) is 35.7 Å². The second-order valence-corrected chi connectivity index (χ2v) is 7.83. The van der Waals surface area contributed by atoms with E-state index < -0.39 is 0 Å². The van der Waals surface area contributed by atoms with Crippen molar-refractivity contribution in [3.8, 4) is 28.5 Å². The number of thioether (sulfide) groups is 1. The van der Waals surface area contributed by atoms with Crippen LogP contribution in [0.2, 0.25) is 0 Å². The Morgan fingerprint density at radius 1 is 0.963 bits per heavy atom. The fourth-order valence-electron chi connectivity index (χ4n) is 3.37. The molecule has 0 radical (unpaired) electrons. The molecule has 1 unspecified atom stereocenters. The summed E-state index contributed by atoms with van der Waals surface area (Å²) in [6, 6.07) is 24.8. The van der Waals surface area contributed by atoms with Crippen molar-refractivity contribution in [3.63, 3.8) is 0 Å². The van der Waals surface area contributed by atoms with Gasteiger partial charge in [0.05, 0.1) is 16.6 Å². The van der Waals surface area contributed by atoms with Crippen molar-refractivity contribution in [2.45, 2.75) is 29.7 Å². The first-order valence-corrected chi connectivity index (χ1v) is 10.2. The van der Waals surface area contributed by atoms with Crippen LogP contribution < -0.4 is 5.32 Å². The maximum Gasteiger partial charge on any atom is 0.117 e. The van der Waals surface area contributed by atoms with E-state index in [1.165, 1.54) is 12.8 Å². The molecule has 4 heteroatoms. The highest BCUT2D eigenvalue weighted by Crippen LogP contribution is 2.36. The van der Waals surface area contributed by atoms with Crippen LogP contribution in [0.4, 0.5) is 0 Å². The Kier molecular flexibility index (Phi) is 5.53. The Morgan fingerprint density at radius 2 is 1.67 bits per heavy atom. The normalized spacial score (nSPS) is 16.6. The number of nitrogens with one attached hydrogen (secondary N) is 1. The van der Waals surface area contributed by atoms with E-state index in [9.17, 15) is 5.26 Å². The Hall–Kier alpha value is -2.61. The third kappa shape index (κ3) is 4.05. The molecule has 1 atom stereocenters. The van der Waals surface area contributed by atoms with Gasteiger partial charge in [-0.3, -0.25) is 0 Å². The largest absolute Gasteiger partial charge is 0.305 e. The van der Waals surface area contributed by atoms with E-state index in [1.54, 1.807) is 11.8 Å². The Bertz CT molecular complexity index is 943. The molecule has 2 heterocycles. The zero-order valence-electron chi connectivity index (χ0n) is 15.1. The summed E-state index contributed by atoms with van der Waals surface area (Å²) in [5, 5.41) is 14.6. The zero-order valence-corrected chi connectivity index (χ0v) is 15.9. The Morgan fingerprint density at radius 3 is 2.30 bits per heavy atom. The first-order valence-electron chi connectivity index (χ1n) is 9.31. The van der Waals surface area contributed by atoms with Gasteiger partial charge < -0.3 is 5.32 Å². The topological polar surface area (TPSA) is 48.7 Å². The van der Waals surface area contributed by atoms with Gasteiger partial charge in [0.15, 0.2) is 0 Å². The lowest BCUT2D eigenvalue weighted by Gasteiger charge is -2.23. The summed E-state index contributed by atoms with van der Waals surface area (Å²) < 4.78 is 0. The molecule has 1 saturated heterocycles. The van der Waals surface area contributed by atoms with E-state index >= 15 is 0 Å². The molecule has 1 aliphatic rings. The second kappa shape index (κ2) is 8.39. The Labute approximate surface area is 164 Å². The average molecular weight is 372 g/mol. The summed E-state index contributed by atoms with van der Waals surface area (Å²) in [5.41, 5.74) is 4.64. The minimum Gasteiger partial charge on any atom is -0.305 e. The van der Waals surface area contributed by atoms with Crippen molar-refractivity contribution in [2.24, 2.45) is 0 Å². The molecular formula is C23H21N3S. The summed E-state index contributed by atoms with van der Waals surface area (Å²) in [7, 11) is 0. The van der Waals surface area contributed by atoms with Crippen molar-refractivity contribution in [2.75, 3.05) is 6.54 Å². The third-order valence-corrected chi connectivity index (χ3v) is 5.98. The van der Waals surface area contributed by atoms with Crippen LogP contribution in [0.3, 0.4) is 0 Å². The fourth-order valence-corrected chi connectivity index (χ4v) is 4.55. The van der Waals surface area contributed by atoms with Crippen molar-refractivity contribution < 1.29 is 0 Å². The summed E-state index contributed by atoms with van der Waals surface area (Å²) >= 11 is 1.69. The third-order valence-electron chi connectivity index (χ3n) is 4.77. The number of nitriles is 1. The average Bonchev–Trinajstić information content (AvgIpc) is 2.75. The number of aromatic nitrogens is 1. The number of hydrogen-bond acceptors (Lipinski definition) is 4. The molecule has 1 N–H and O–H groups in total. The fraction of sp³-hybridized carbons (Fsp3) is 0.217. The van der Waals surface area contributed by atoms with E-state index in [1.807, 2.05) is 42.5 Å². The van der Waals surface area contributed by atoms with Crippen LogP contribution in [-0.2, 0) is 0 Å². The standard InChI is InChI=1S/C23H21N3S/c24-16-20-19(17-9-3-1-4-10-17)15-21(18-11-5-2-6-12-18)26-23(20)27-22-13-7-8-14-25-22/h1-6,9-12,15,22,25H,7-8,13-14H2. The van der Waals surface area contributed by atoms with Crippen molar-refractivity contribution in [3.05, 3.63) is 72.3 Å². The summed E-state index contributed by atoms with van der Waals surface area (Å²) in [6.45, 7) is 1.03. The number of hydrogen-bond donors (Lipinski definition) is 1. The SMILES string of the molecule is N#Cc1c(-c2ccccc2)cc(-c2ccccc2)nc1SC1CCCCN1. The molecule has 1 aromatic heterocycles. The summed E-state index contributed by atoms with van der Waals surface area (Å²) in [4.78, 5) is 4.89. The molecule has 134 valence electrons. The molecule has 3 nitrogen and oxygen atoms in total. The zero-order chi connectivity index (χ0) is 18.5. The van der Waals surface area contributed by atoms with Crippen molar-refractivity contribution in [1.82, 2.24) is 10.3 Å². The molecule has 0 spiro atoms. The molecule has 0 bridgehead atoms. The van der Waals surface area contributed by atoms with Gasteiger partial charge in [-0.2, -0.15) is 5.26 Å². The first kappa shape index (κ1) is 17.8. The number of piperidine rings is 1. The quantitative estimate of drug-likeness (QED) is 0.660. The van der Waals surface area contributed by atoms with Gasteiger partial charge in [0.2, 0.25) is 0 Å². The van der Waals surface area contributed by atoms with Crippen molar-refractivity contribution in [1.29, 1.82) is 5.26 Å². The number of benzene rings is 2. The molecule has 27 heavy (non-hydrogen) atoms. The van der Waals surface area contributed by atoms with Gasteiger partial charge in [-0.1, -0.05) is 72.4 Å². The highest BCUT2D eigenvalue weighted by molar-refractivity contribution is 7.99. The van der Waals surface area contributed by atoms with Gasteiger partial charge in [0.25, 0.3) is 0 Å². The van der Waals surface area contributed by atoms with Crippen LogP contribution in [0, 0.1) is 11.3 Å². The molecule has 3 aromatic rings. The van der Waals surface area contributed by atoms with Crippen LogP contribution in [0.25, 0.3) is 22.4 Å². The minimum absolute atomic E-state index is 0.313. The van der Waals surface area contributed by atoms with Crippen LogP contribution in [0.5, 0.6) is 0 Å². The molecule has 0 amide bonds. The highest BCUT2D eigenvalue weighted by atomic mass is 32.2. The summed E-state index contributed by atoms with van der Waals surface area (Å²) in [5.74, 6) is 0. The van der Waals surface area contributed by atoms with Gasteiger partial charge in [-0.15, -0.1) is 0 Å². The van der Waals surface area contributed by atoms with E-state index in [-0.39, 0.29) is 0 Å². The lowest BCUT2D eigenvalue weighted by atomic mass is 9.99. The first-order chi connectivity index (χ1) is 13.3. The smallest absolute Gasteiger partial charge is 0.117 e. The molecule has 0 aliphatic carbocycles. The van der Waals surface area contributed by atoms with Crippen molar-refractivity contribution >= 4 is 11.8 Å². The number of nitrogens with zero attached hydrogens (tertiary/aromatic N) is 2. The van der Waals surface area contributed by atoms with E-state index in [0.29, 0.717) is 10.9 Å². The highest BCUT2D eigenvalue weighted by Gasteiger charge is 2.20. The van der Waals surface area contributed by atoms with Crippen LogP contribution >= 0.6 is 11.8 Å². The Balaban J connectivity index is 1.84. The monoisotopic (exact) mass is 371 g/mol. The predicted octanol–water partition coefficient (Wildman–Crippen LogP) is 5.48. The maximum atomic E-state index is 9.93. The van der Waals surface area contributed by atoms with Crippen LogP contribution in [0.1, 0.15) is 24.8 Å². The minimum atomic E-state index is 0.313. The maximum absolute atomic E-state index is 9.93. The van der Waals surface area contributed by atoms with E-state index in [0.717, 1.165) is 40.4 Å². The van der Waals surface area contributed by atoms with Gasteiger partial charge in [-0.05, 0) is 37.4 Å². The lowest BCUT2D eigenvalue weighted by Crippen LogP contribution is -2.31. The summed E-state index contributed by atoms with van der Waals surface area (Å²) in [6.07, 6.45) is 3.54. The molecule has 4 rings (SSSR count). The molecule has 0 saturated carbocycles. The van der Waals surface area contributed by atoms with E-state index in [4.69, 9.17) is 4.98 Å². The van der Waals surface area contributed by atoms with Crippen LogP contribution in [0.15, 0.2) is 71.8 Å². The van der Waals surface area contributed by atoms with Gasteiger partial charge >= 0.3 is 0 Å². The number of pyridine rings is 1. The molecular weight excluding hydrogens is 350 g/mol. The van der Waals surface area contributed by atoms with Gasteiger partial charge in [-0.25, -0.2) is 4.98 Å². The molecule has 1 fully saturated rings. The predicted molar refractivity (Wildman–Crippen MR) is 111 cm³/mol. The lowest BCUT2D eigenvalue weighted by molar-refractivity contribution is 0.491. The number of rotatable bonds is 4. The van der Waals surface area contributed by atoms with Crippen LogP contribution in [-0.4, -0.2) is 16.9 Å². The van der Waals surface area contributed by atoms with Gasteiger partial charge in [0, 0.05) is 11.1 Å². The molecule has 1 aliphatic heterocycles.